The second-order valence-corrected chi connectivity index (χ2v) is 7.67. The van der Waals surface area contributed by atoms with Crippen LogP contribution in [0.3, 0.4) is 0 Å². The van der Waals surface area contributed by atoms with Gasteiger partial charge in [-0.1, -0.05) is 37.6 Å². The molecule has 3 nitrogen and oxygen atoms in total. The zero-order valence-corrected chi connectivity index (χ0v) is 15.7. The monoisotopic (exact) mass is 363 g/mol. The Kier molecular flexibility index (Phi) is 4.29. The number of benzene rings is 2. The largest absolute Gasteiger partial charge is 0.507 e. The van der Waals surface area contributed by atoms with E-state index in [2.05, 4.69) is 36.2 Å². The van der Waals surface area contributed by atoms with Crippen LogP contribution >= 0.6 is 11.3 Å². The molecular formula is C22H21NO2S. The summed E-state index contributed by atoms with van der Waals surface area (Å²) in [5, 5.41) is 14.5. The number of phenolic OH excluding ortho intramolecular Hbond substituents is 1. The minimum atomic E-state index is -0.0721. The molecule has 0 aliphatic carbocycles. The Bertz CT molecular complexity index is 1150. The van der Waals surface area contributed by atoms with E-state index in [4.69, 9.17) is 0 Å². The number of aromatic amines is 1. The summed E-state index contributed by atoms with van der Waals surface area (Å²) in [6.07, 6.45) is 3.42. The average Bonchev–Trinajstić information content (AvgIpc) is 3.12. The number of hydrogen-bond donors (Lipinski definition) is 2. The number of fused-ring (bicyclic) bond motifs is 3. The number of unbranched alkanes of at least 4 members (excludes halogenated alkanes) is 1. The second kappa shape index (κ2) is 6.61. The maximum atomic E-state index is 12.4. The SMILES string of the molecule is CCCCc1ccc(-c2c(O)cc(C)c3[nH]c(=O)c4sccc4c23)cc1. The van der Waals surface area contributed by atoms with Gasteiger partial charge in [-0.15, -0.1) is 11.3 Å². The zero-order valence-electron chi connectivity index (χ0n) is 14.9. The molecule has 4 aromatic rings. The number of H-pyrrole nitrogens is 1. The van der Waals surface area contributed by atoms with Gasteiger partial charge < -0.3 is 10.1 Å². The molecular weight excluding hydrogens is 342 g/mol. The number of hydrogen-bond acceptors (Lipinski definition) is 3. The van der Waals surface area contributed by atoms with E-state index >= 15 is 0 Å². The Morgan fingerprint density at radius 2 is 1.92 bits per heavy atom. The highest BCUT2D eigenvalue weighted by atomic mass is 32.1. The molecule has 132 valence electrons. The summed E-state index contributed by atoms with van der Waals surface area (Å²) in [5.41, 5.74) is 4.65. The fourth-order valence-electron chi connectivity index (χ4n) is 3.59. The third kappa shape index (κ3) is 2.71. The summed E-state index contributed by atoms with van der Waals surface area (Å²) >= 11 is 1.43. The number of phenols is 1. The van der Waals surface area contributed by atoms with Gasteiger partial charge in [0.15, 0.2) is 0 Å². The highest BCUT2D eigenvalue weighted by molar-refractivity contribution is 7.17. The van der Waals surface area contributed by atoms with Crippen LogP contribution in [0.1, 0.15) is 30.9 Å². The summed E-state index contributed by atoms with van der Waals surface area (Å²) in [6, 6.07) is 12.1. The average molecular weight is 363 g/mol. The number of pyridine rings is 1. The molecule has 4 rings (SSSR count). The van der Waals surface area contributed by atoms with Gasteiger partial charge in [0.1, 0.15) is 10.4 Å². The van der Waals surface area contributed by atoms with Crippen molar-refractivity contribution in [1.82, 2.24) is 4.98 Å². The normalized spacial score (nSPS) is 11.5. The smallest absolute Gasteiger partial charge is 0.266 e. The van der Waals surface area contributed by atoms with Crippen LogP contribution in [0.5, 0.6) is 5.75 Å². The Hall–Kier alpha value is -2.59. The van der Waals surface area contributed by atoms with E-state index in [1.54, 1.807) is 6.07 Å². The lowest BCUT2D eigenvalue weighted by Gasteiger charge is -2.13. The van der Waals surface area contributed by atoms with Gasteiger partial charge in [0.25, 0.3) is 5.56 Å². The van der Waals surface area contributed by atoms with Crippen molar-refractivity contribution in [1.29, 1.82) is 0 Å². The van der Waals surface area contributed by atoms with Gasteiger partial charge in [-0.2, -0.15) is 0 Å². The van der Waals surface area contributed by atoms with Crippen LogP contribution in [0.15, 0.2) is 46.6 Å². The van der Waals surface area contributed by atoms with Gasteiger partial charge in [-0.3, -0.25) is 4.79 Å². The van der Waals surface area contributed by atoms with Crippen molar-refractivity contribution in [2.45, 2.75) is 33.1 Å². The van der Waals surface area contributed by atoms with E-state index in [1.165, 1.54) is 29.7 Å². The van der Waals surface area contributed by atoms with Crippen LogP contribution in [-0.4, -0.2) is 10.1 Å². The lowest BCUT2D eigenvalue weighted by molar-refractivity contribution is 0.477. The van der Waals surface area contributed by atoms with Gasteiger partial charge in [0.05, 0.1) is 5.52 Å². The second-order valence-electron chi connectivity index (χ2n) is 6.76. The van der Waals surface area contributed by atoms with E-state index in [0.717, 1.165) is 39.4 Å². The molecule has 0 fully saturated rings. The van der Waals surface area contributed by atoms with Crippen molar-refractivity contribution < 1.29 is 5.11 Å². The molecule has 0 bridgehead atoms. The Morgan fingerprint density at radius 1 is 1.15 bits per heavy atom. The molecule has 26 heavy (non-hydrogen) atoms. The van der Waals surface area contributed by atoms with Crippen LogP contribution in [0.4, 0.5) is 0 Å². The lowest BCUT2D eigenvalue weighted by Crippen LogP contribution is -2.05. The Morgan fingerprint density at radius 3 is 2.65 bits per heavy atom. The number of rotatable bonds is 4. The Balaban J connectivity index is 2.00. The van der Waals surface area contributed by atoms with Crippen LogP contribution < -0.4 is 5.56 Å². The Labute approximate surface area is 155 Å². The van der Waals surface area contributed by atoms with Crippen molar-refractivity contribution >= 4 is 32.3 Å². The number of nitrogens with one attached hydrogen (secondary N) is 1. The van der Waals surface area contributed by atoms with E-state index in [9.17, 15) is 9.90 Å². The van der Waals surface area contributed by atoms with E-state index in [0.29, 0.717) is 4.70 Å². The number of aromatic nitrogens is 1. The molecule has 0 aliphatic rings. The third-order valence-corrected chi connectivity index (χ3v) is 5.86. The molecule has 0 atom stereocenters. The van der Waals surface area contributed by atoms with E-state index in [1.807, 2.05) is 18.4 Å². The first-order chi connectivity index (χ1) is 12.6. The van der Waals surface area contributed by atoms with Gasteiger partial charge in [0.2, 0.25) is 0 Å². The molecule has 0 amide bonds. The number of aryl methyl sites for hydroxylation is 2. The molecule has 4 heteroatoms. The zero-order chi connectivity index (χ0) is 18.3. The summed E-state index contributed by atoms with van der Waals surface area (Å²) in [4.78, 5) is 15.4. The highest BCUT2D eigenvalue weighted by Crippen LogP contribution is 2.41. The maximum Gasteiger partial charge on any atom is 0.266 e. The molecule has 2 aromatic heterocycles. The van der Waals surface area contributed by atoms with Crippen molar-refractivity contribution in [2.24, 2.45) is 0 Å². The fourth-order valence-corrected chi connectivity index (χ4v) is 4.39. The highest BCUT2D eigenvalue weighted by Gasteiger charge is 2.17. The topological polar surface area (TPSA) is 53.1 Å². The lowest BCUT2D eigenvalue weighted by atomic mass is 9.94. The number of aromatic hydroxyl groups is 1. The molecule has 0 unspecified atom stereocenters. The van der Waals surface area contributed by atoms with Gasteiger partial charge in [0, 0.05) is 16.3 Å². The molecule has 2 N–H and O–H groups in total. The molecule has 2 aromatic carbocycles. The first-order valence-corrected chi connectivity index (χ1v) is 9.83. The van der Waals surface area contributed by atoms with Crippen LogP contribution in [0, 0.1) is 6.92 Å². The first kappa shape index (κ1) is 16.9. The summed E-state index contributed by atoms with van der Waals surface area (Å²) < 4.78 is 0.698. The van der Waals surface area contributed by atoms with E-state index < -0.39 is 0 Å². The summed E-state index contributed by atoms with van der Waals surface area (Å²) in [5.74, 6) is 0.246. The minimum Gasteiger partial charge on any atom is -0.507 e. The van der Waals surface area contributed by atoms with Gasteiger partial charge in [-0.25, -0.2) is 0 Å². The molecule has 2 heterocycles. The molecule has 0 aliphatic heterocycles. The minimum absolute atomic E-state index is 0.0721. The van der Waals surface area contributed by atoms with Gasteiger partial charge >= 0.3 is 0 Å². The van der Waals surface area contributed by atoms with Crippen molar-refractivity contribution in [2.75, 3.05) is 0 Å². The standard InChI is InChI=1S/C22H21NO2S/c1-3-4-5-14-6-8-15(9-7-14)18-17(24)12-13(2)20-19(18)16-10-11-26-21(16)22(25)23-20/h6-12,24H,3-5H2,1-2H3,(H,23,25). The first-order valence-electron chi connectivity index (χ1n) is 8.95. The van der Waals surface area contributed by atoms with Crippen LogP contribution in [-0.2, 0) is 6.42 Å². The number of thiophene rings is 1. The molecule has 0 saturated carbocycles. The predicted octanol–water partition coefficient (Wildman–Crippen LogP) is 5.77. The molecule has 0 spiro atoms. The fraction of sp³-hybridized carbons (Fsp3) is 0.227. The predicted molar refractivity (Wildman–Crippen MR) is 110 cm³/mol. The van der Waals surface area contributed by atoms with Crippen molar-refractivity contribution in [3.05, 3.63) is 63.3 Å². The molecule has 0 saturated heterocycles. The van der Waals surface area contributed by atoms with Crippen LogP contribution in [0.25, 0.3) is 32.1 Å². The van der Waals surface area contributed by atoms with Crippen molar-refractivity contribution in [3.8, 4) is 16.9 Å². The summed E-state index contributed by atoms with van der Waals surface area (Å²) in [7, 11) is 0. The third-order valence-electron chi connectivity index (χ3n) is 4.94. The molecule has 0 radical (unpaired) electrons. The van der Waals surface area contributed by atoms with Crippen molar-refractivity contribution in [3.63, 3.8) is 0 Å². The van der Waals surface area contributed by atoms with Gasteiger partial charge in [-0.05, 0) is 54.0 Å². The summed E-state index contributed by atoms with van der Waals surface area (Å²) in [6.45, 7) is 4.10. The van der Waals surface area contributed by atoms with E-state index in [-0.39, 0.29) is 11.3 Å². The maximum absolute atomic E-state index is 12.4. The van der Waals surface area contributed by atoms with Crippen LogP contribution in [0.2, 0.25) is 0 Å². The quantitative estimate of drug-likeness (QED) is 0.484.